The van der Waals surface area contributed by atoms with Crippen LogP contribution in [-0.2, 0) is 8.56 Å². The smallest absolute Gasteiger partial charge is 0.365 e. The molecule has 3 N–H and O–H groups in total. The van der Waals surface area contributed by atoms with E-state index in [1.165, 1.54) is 0 Å². The van der Waals surface area contributed by atoms with Gasteiger partial charge in [0.2, 0.25) is 0 Å². The third kappa shape index (κ3) is 2.94. The summed E-state index contributed by atoms with van der Waals surface area (Å²) < 4.78 is 6.32. The molecule has 0 heterocycles. The molecule has 44 valence electrons. The molecule has 0 aliphatic rings. The first-order chi connectivity index (χ1) is 3.12. The molecule has 0 radical (unpaired) electrons. The largest absolute Gasteiger partial charge is 0.719 e. The third-order valence-corrected chi connectivity index (χ3v) is 1.26. The lowest BCUT2D eigenvalue weighted by atomic mass is 14.9. The highest BCUT2D eigenvalue weighted by atomic mass is 35.5. The molecule has 0 aliphatic carbocycles. The van der Waals surface area contributed by atoms with Gasteiger partial charge >= 0.3 is 9.05 Å². The molecule has 0 amide bonds. The fourth-order valence-corrected chi connectivity index (χ4v) is 0.127. The van der Waals surface area contributed by atoms with Crippen LogP contribution in [0.3, 0.4) is 0 Å². The second kappa shape index (κ2) is 2.57. The van der Waals surface area contributed by atoms with Gasteiger partial charge < -0.3 is 9.59 Å². The van der Waals surface area contributed by atoms with E-state index >= 15 is 0 Å². The quantitative estimate of drug-likeness (QED) is 0.266. The van der Waals surface area contributed by atoms with Crippen LogP contribution in [0.25, 0.3) is 0 Å². The molecule has 0 aliphatic heterocycles. The SMILES string of the molecule is OO[Si](O)(O)OCl. The van der Waals surface area contributed by atoms with Crippen molar-refractivity contribution in [1.82, 2.24) is 0 Å². The molecule has 0 atom stereocenters. The highest BCUT2D eigenvalue weighted by molar-refractivity contribution is 6.54. The van der Waals surface area contributed by atoms with Crippen LogP contribution in [0, 0.1) is 0 Å². The molecule has 7 heavy (non-hydrogen) atoms. The van der Waals surface area contributed by atoms with Crippen LogP contribution in [0.4, 0.5) is 0 Å². The Morgan fingerprint density at radius 2 is 1.86 bits per heavy atom. The number of hydrogen-bond donors (Lipinski definition) is 3. The number of hydrogen-bond acceptors (Lipinski definition) is 5. The molecular formula is H3ClO5Si. The second-order valence-electron chi connectivity index (χ2n) is 0.717. The molecule has 0 rings (SSSR count). The van der Waals surface area contributed by atoms with E-state index in [0.29, 0.717) is 0 Å². The molecule has 0 aromatic heterocycles. The van der Waals surface area contributed by atoms with E-state index in [1.54, 1.807) is 0 Å². The maximum absolute atomic E-state index is 8.00. The highest BCUT2D eigenvalue weighted by Gasteiger charge is 2.37. The number of halogens is 1. The first-order valence-corrected chi connectivity index (χ1v) is 3.21. The van der Waals surface area contributed by atoms with Crippen molar-refractivity contribution in [3.8, 4) is 0 Å². The van der Waals surface area contributed by atoms with Gasteiger partial charge in [-0.25, -0.2) is 3.98 Å². The Bertz CT molecular complexity index is 46.0. The van der Waals surface area contributed by atoms with Crippen molar-refractivity contribution in [2.75, 3.05) is 0 Å². The standard InChI is InChI=1S/ClH3O5Si/c1-5-7(3,4)6-2/h2-4H. The normalized spacial score (nSPS) is 12.0. The molecule has 0 bridgehead atoms. The van der Waals surface area contributed by atoms with Crippen molar-refractivity contribution in [3.05, 3.63) is 0 Å². The van der Waals surface area contributed by atoms with E-state index in [2.05, 4.69) is 20.4 Å². The minimum Gasteiger partial charge on any atom is -0.365 e. The van der Waals surface area contributed by atoms with Crippen molar-refractivity contribution in [2.24, 2.45) is 0 Å². The third-order valence-electron chi connectivity index (χ3n) is 0.219. The highest BCUT2D eigenvalue weighted by Crippen LogP contribution is 1.96. The van der Waals surface area contributed by atoms with Crippen molar-refractivity contribution in [1.29, 1.82) is 0 Å². The average molecular weight is 147 g/mol. The van der Waals surface area contributed by atoms with Crippen molar-refractivity contribution in [3.63, 3.8) is 0 Å². The summed E-state index contributed by atoms with van der Waals surface area (Å²) in [6.45, 7) is 0. The van der Waals surface area contributed by atoms with Crippen molar-refractivity contribution < 1.29 is 23.4 Å². The molecule has 0 unspecified atom stereocenters. The van der Waals surface area contributed by atoms with Crippen LogP contribution in [0.5, 0.6) is 0 Å². The van der Waals surface area contributed by atoms with E-state index in [4.69, 9.17) is 14.8 Å². The van der Waals surface area contributed by atoms with E-state index in [0.717, 1.165) is 0 Å². The summed E-state index contributed by atoms with van der Waals surface area (Å²) in [5.74, 6) is 0. The Kier molecular flexibility index (Phi) is 2.69. The van der Waals surface area contributed by atoms with Gasteiger partial charge in [0, 0.05) is 0 Å². The fraction of sp³-hybridized carbons (Fsp3) is 0. The zero-order valence-electron chi connectivity index (χ0n) is 3.04. The lowest BCUT2D eigenvalue weighted by molar-refractivity contribution is -0.205. The number of rotatable bonds is 2. The Labute approximate surface area is 45.3 Å². The van der Waals surface area contributed by atoms with Gasteiger partial charge in [0.05, 0.1) is 11.9 Å². The molecule has 0 saturated heterocycles. The minimum atomic E-state index is -4.33. The summed E-state index contributed by atoms with van der Waals surface area (Å²) in [6.07, 6.45) is 0. The molecule has 0 aromatic rings. The van der Waals surface area contributed by atoms with Gasteiger partial charge in [-0.2, -0.15) is 4.58 Å². The summed E-state index contributed by atoms with van der Waals surface area (Å²) >= 11 is 4.37. The Morgan fingerprint density at radius 3 is 1.86 bits per heavy atom. The lowest BCUT2D eigenvalue weighted by Crippen LogP contribution is -2.38. The van der Waals surface area contributed by atoms with E-state index in [-0.39, 0.29) is 0 Å². The Hall–Kier alpha value is 0.307. The van der Waals surface area contributed by atoms with Crippen LogP contribution >= 0.6 is 11.9 Å². The summed E-state index contributed by atoms with van der Waals surface area (Å²) in [5, 5.41) is 7.45. The lowest BCUT2D eigenvalue weighted by Gasteiger charge is -2.03. The van der Waals surface area contributed by atoms with Crippen LogP contribution in [0.15, 0.2) is 0 Å². The molecule has 0 fully saturated rings. The van der Waals surface area contributed by atoms with Gasteiger partial charge in [0.15, 0.2) is 0 Å². The zero-order valence-corrected chi connectivity index (χ0v) is 4.79. The Morgan fingerprint density at radius 1 is 1.43 bits per heavy atom. The van der Waals surface area contributed by atoms with Gasteiger partial charge in [0.25, 0.3) is 0 Å². The zero-order chi connectivity index (χ0) is 5.91. The van der Waals surface area contributed by atoms with Gasteiger partial charge in [-0.15, -0.1) is 0 Å². The summed E-state index contributed by atoms with van der Waals surface area (Å²) in [4.78, 5) is 16.0. The summed E-state index contributed by atoms with van der Waals surface area (Å²) in [7, 11) is -4.33. The molecule has 7 heteroatoms. The predicted molar refractivity (Wildman–Crippen MR) is 20.8 cm³/mol. The maximum atomic E-state index is 8.00. The first-order valence-electron chi connectivity index (χ1n) is 1.19. The predicted octanol–water partition coefficient (Wildman–Crippen LogP) is -0.933. The molecule has 0 saturated carbocycles. The van der Waals surface area contributed by atoms with Crippen LogP contribution in [0.2, 0.25) is 0 Å². The first kappa shape index (κ1) is 7.31. The minimum absolute atomic E-state index is 2.98. The van der Waals surface area contributed by atoms with Gasteiger partial charge in [-0.05, 0) is 0 Å². The van der Waals surface area contributed by atoms with Gasteiger partial charge in [-0.3, -0.25) is 5.26 Å². The van der Waals surface area contributed by atoms with E-state index < -0.39 is 9.05 Å². The fourth-order valence-electron chi connectivity index (χ4n) is 0.0141. The van der Waals surface area contributed by atoms with Crippen LogP contribution < -0.4 is 0 Å². The molecule has 0 aromatic carbocycles. The van der Waals surface area contributed by atoms with Gasteiger partial charge in [0.1, 0.15) is 0 Å². The maximum Gasteiger partial charge on any atom is 0.719 e. The molecule has 5 nitrogen and oxygen atoms in total. The average Bonchev–Trinajstić information content (AvgIpc) is 1.68. The van der Waals surface area contributed by atoms with Crippen LogP contribution in [-0.4, -0.2) is 23.9 Å². The van der Waals surface area contributed by atoms with Crippen molar-refractivity contribution >= 4 is 20.9 Å². The van der Waals surface area contributed by atoms with Crippen molar-refractivity contribution in [2.45, 2.75) is 0 Å². The topological polar surface area (TPSA) is 79.2 Å². The second-order valence-corrected chi connectivity index (χ2v) is 2.61. The van der Waals surface area contributed by atoms with Gasteiger partial charge in [-0.1, -0.05) is 0 Å². The summed E-state index contributed by atoms with van der Waals surface area (Å²) in [6, 6.07) is 0. The van der Waals surface area contributed by atoms with E-state index in [1.807, 2.05) is 0 Å². The molecular weight excluding hydrogens is 144 g/mol. The Balaban J connectivity index is 3.36. The monoisotopic (exact) mass is 146 g/mol. The van der Waals surface area contributed by atoms with E-state index in [9.17, 15) is 0 Å². The van der Waals surface area contributed by atoms with Crippen LogP contribution in [0.1, 0.15) is 0 Å². The summed E-state index contributed by atoms with van der Waals surface area (Å²) in [5.41, 5.74) is 0. The molecule has 0 spiro atoms.